The minimum Gasteiger partial charge on any atom is -0.339 e. The van der Waals surface area contributed by atoms with E-state index in [9.17, 15) is 13.2 Å². The molecule has 1 aromatic carbocycles. The Kier molecular flexibility index (Phi) is 6.98. The fourth-order valence-corrected chi connectivity index (χ4v) is 4.19. The van der Waals surface area contributed by atoms with Crippen LogP contribution in [0.15, 0.2) is 24.3 Å². The predicted molar refractivity (Wildman–Crippen MR) is 100 cm³/mol. The zero-order chi connectivity index (χ0) is 18.4. The summed E-state index contributed by atoms with van der Waals surface area (Å²) in [4.78, 5) is 16.5. The number of sulfonamides is 1. The maximum Gasteiger partial charge on any atom is 0.253 e. The maximum atomic E-state index is 12.5. The van der Waals surface area contributed by atoms with E-state index >= 15 is 0 Å². The molecular weight excluding hydrogens is 338 g/mol. The first-order valence-corrected chi connectivity index (χ1v) is 10.6. The highest BCUT2D eigenvalue weighted by molar-refractivity contribution is 7.89. The molecule has 1 saturated heterocycles. The summed E-state index contributed by atoms with van der Waals surface area (Å²) in [6.07, 6.45) is 0. The van der Waals surface area contributed by atoms with E-state index in [1.165, 1.54) is 0 Å². The third-order valence-electron chi connectivity index (χ3n) is 4.72. The van der Waals surface area contributed by atoms with Gasteiger partial charge < -0.3 is 4.90 Å². The molecule has 1 aliphatic rings. The Morgan fingerprint density at radius 2 is 1.72 bits per heavy atom. The van der Waals surface area contributed by atoms with Gasteiger partial charge in [0, 0.05) is 51.4 Å². The number of benzene rings is 1. The molecule has 25 heavy (non-hydrogen) atoms. The van der Waals surface area contributed by atoms with E-state index in [0.29, 0.717) is 44.8 Å². The molecule has 0 radical (unpaired) electrons. The molecule has 140 valence electrons. The molecule has 1 amide bonds. The predicted octanol–water partition coefficient (Wildman–Crippen LogP) is 1.64. The molecule has 6 nitrogen and oxygen atoms in total. The minimum atomic E-state index is -3.09. The molecule has 0 aromatic heterocycles. The lowest BCUT2D eigenvalue weighted by atomic mass is 10.1. The van der Waals surface area contributed by atoms with Crippen LogP contribution in [0.4, 0.5) is 0 Å². The first-order chi connectivity index (χ1) is 11.9. The highest BCUT2D eigenvalue weighted by Crippen LogP contribution is 2.14. The maximum absolute atomic E-state index is 12.5. The summed E-state index contributed by atoms with van der Waals surface area (Å²) >= 11 is 0. The molecule has 2 rings (SSSR count). The Balaban J connectivity index is 1.98. The normalized spacial score (nSPS) is 16.8. The minimum absolute atomic E-state index is 0.0608. The lowest BCUT2D eigenvalue weighted by Crippen LogP contribution is -2.48. The van der Waals surface area contributed by atoms with Gasteiger partial charge in [0.1, 0.15) is 0 Å². The van der Waals surface area contributed by atoms with E-state index < -0.39 is 10.0 Å². The van der Waals surface area contributed by atoms with Crippen LogP contribution in [0.25, 0.3) is 0 Å². The summed E-state index contributed by atoms with van der Waals surface area (Å²) < 4.78 is 25.4. The van der Waals surface area contributed by atoms with Crippen LogP contribution in [0, 0.1) is 0 Å². The molecule has 1 heterocycles. The highest BCUT2D eigenvalue weighted by Gasteiger charge is 2.25. The van der Waals surface area contributed by atoms with Crippen molar-refractivity contribution in [2.45, 2.75) is 27.3 Å². The Hall–Kier alpha value is -1.44. The second-order valence-corrected chi connectivity index (χ2v) is 8.51. The van der Waals surface area contributed by atoms with Gasteiger partial charge in [0.2, 0.25) is 10.0 Å². The van der Waals surface area contributed by atoms with Gasteiger partial charge in [0.15, 0.2) is 0 Å². The third kappa shape index (κ3) is 5.03. The number of piperazine rings is 1. The number of carbonyl (C=O) groups excluding carboxylic acids is 1. The number of hydrogen-bond acceptors (Lipinski definition) is 4. The van der Waals surface area contributed by atoms with E-state index in [1.54, 1.807) is 11.2 Å². The summed E-state index contributed by atoms with van der Waals surface area (Å²) in [5, 5.41) is 0. The summed E-state index contributed by atoms with van der Waals surface area (Å²) in [5.41, 5.74) is 1.80. The van der Waals surface area contributed by atoms with Crippen molar-refractivity contribution in [1.82, 2.24) is 14.1 Å². The van der Waals surface area contributed by atoms with Crippen molar-refractivity contribution < 1.29 is 13.2 Å². The van der Waals surface area contributed by atoms with Gasteiger partial charge in [0.25, 0.3) is 5.91 Å². The molecule has 1 aliphatic heterocycles. The zero-order valence-corrected chi connectivity index (χ0v) is 16.3. The monoisotopic (exact) mass is 367 g/mol. The number of hydrogen-bond donors (Lipinski definition) is 0. The molecule has 0 aliphatic carbocycles. The lowest BCUT2D eigenvalue weighted by molar-refractivity contribution is 0.0772. The van der Waals surface area contributed by atoms with Crippen molar-refractivity contribution in [1.29, 1.82) is 0 Å². The van der Waals surface area contributed by atoms with Crippen molar-refractivity contribution >= 4 is 15.9 Å². The van der Waals surface area contributed by atoms with Gasteiger partial charge in [-0.1, -0.05) is 12.1 Å². The topological polar surface area (TPSA) is 60.9 Å². The Morgan fingerprint density at radius 1 is 1.08 bits per heavy atom. The first-order valence-electron chi connectivity index (χ1n) is 8.99. The molecule has 0 spiro atoms. The van der Waals surface area contributed by atoms with Crippen LogP contribution in [0.1, 0.15) is 36.7 Å². The van der Waals surface area contributed by atoms with Crippen LogP contribution in [-0.2, 0) is 16.6 Å². The Bertz CT molecular complexity index is 679. The second kappa shape index (κ2) is 8.78. The van der Waals surface area contributed by atoms with Crippen molar-refractivity contribution in [2.24, 2.45) is 0 Å². The number of rotatable bonds is 7. The van der Waals surface area contributed by atoms with E-state index in [2.05, 4.69) is 4.90 Å². The zero-order valence-electron chi connectivity index (χ0n) is 15.4. The van der Waals surface area contributed by atoms with E-state index in [0.717, 1.165) is 12.1 Å². The largest absolute Gasteiger partial charge is 0.339 e. The van der Waals surface area contributed by atoms with Crippen LogP contribution in [-0.4, -0.2) is 73.5 Å². The highest BCUT2D eigenvalue weighted by atomic mass is 32.2. The summed E-state index contributed by atoms with van der Waals surface area (Å²) in [6, 6.07) is 7.75. The third-order valence-corrected chi connectivity index (χ3v) is 6.60. The molecule has 1 fully saturated rings. The fourth-order valence-electron chi connectivity index (χ4n) is 3.10. The van der Waals surface area contributed by atoms with Crippen LogP contribution in [0.5, 0.6) is 0 Å². The van der Waals surface area contributed by atoms with Gasteiger partial charge in [-0.15, -0.1) is 0 Å². The molecular formula is C18H29N3O3S. The van der Waals surface area contributed by atoms with Crippen LogP contribution >= 0.6 is 0 Å². The van der Waals surface area contributed by atoms with Gasteiger partial charge in [-0.25, -0.2) is 8.42 Å². The van der Waals surface area contributed by atoms with Gasteiger partial charge in [0.05, 0.1) is 5.75 Å². The Morgan fingerprint density at radius 3 is 2.28 bits per heavy atom. The molecule has 0 atom stereocenters. The molecule has 0 bridgehead atoms. The second-order valence-electron chi connectivity index (χ2n) is 6.25. The Labute approximate surface area is 151 Å². The fraction of sp³-hybridized carbons (Fsp3) is 0.611. The van der Waals surface area contributed by atoms with Crippen LogP contribution in [0.2, 0.25) is 0 Å². The number of carbonyl (C=O) groups is 1. The van der Waals surface area contributed by atoms with Gasteiger partial charge in [-0.05, 0) is 38.5 Å². The van der Waals surface area contributed by atoms with Gasteiger partial charge in [-0.3, -0.25) is 9.69 Å². The smallest absolute Gasteiger partial charge is 0.253 e. The standard InChI is InChI=1S/C18H29N3O3S/c1-4-20(5-2)18(22)17-9-7-8-16(14-17)15-19-10-12-21(13-11-19)25(23,24)6-3/h7-9,14H,4-6,10-13,15H2,1-3H3. The van der Waals surface area contributed by atoms with E-state index in [-0.39, 0.29) is 11.7 Å². The summed E-state index contributed by atoms with van der Waals surface area (Å²) in [5.74, 6) is 0.216. The average molecular weight is 368 g/mol. The molecule has 0 saturated carbocycles. The molecule has 0 N–H and O–H groups in total. The van der Waals surface area contributed by atoms with E-state index in [1.807, 2.05) is 43.0 Å². The molecule has 0 unspecified atom stereocenters. The van der Waals surface area contributed by atoms with Gasteiger partial charge >= 0.3 is 0 Å². The molecule has 7 heteroatoms. The molecule has 1 aromatic rings. The van der Waals surface area contributed by atoms with Crippen molar-refractivity contribution in [2.75, 3.05) is 45.0 Å². The quantitative estimate of drug-likeness (QED) is 0.735. The SMILES string of the molecule is CCN(CC)C(=O)c1cccc(CN2CCN(S(=O)(=O)CC)CC2)c1. The van der Waals surface area contributed by atoms with Crippen LogP contribution < -0.4 is 0 Å². The number of amides is 1. The van der Waals surface area contributed by atoms with Crippen molar-refractivity contribution in [3.8, 4) is 0 Å². The summed E-state index contributed by atoms with van der Waals surface area (Å²) in [7, 11) is -3.09. The average Bonchev–Trinajstić information content (AvgIpc) is 2.63. The first kappa shape index (κ1) is 19.9. The van der Waals surface area contributed by atoms with Crippen molar-refractivity contribution in [3.63, 3.8) is 0 Å². The van der Waals surface area contributed by atoms with Crippen LogP contribution in [0.3, 0.4) is 0 Å². The van der Waals surface area contributed by atoms with Crippen molar-refractivity contribution in [3.05, 3.63) is 35.4 Å². The lowest BCUT2D eigenvalue weighted by Gasteiger charge is -2.33. The van der Waals surface area contributed by atoms with Gasteiger partial charge in [-0.2, -0.15) is 4.31 Å². The van der Waals surface area contributed by atoms with E-state index in [4.69, 9.17) is 0 Å². The summed E-state index contributed by atoms with van der Waals surface area (Å²) in [6.45, 7) is 10.3. The number of nitrogens with zero attached hydrogens (tertiary/aromatic N) is 3.